The lowest BCUT2D eigenvalue weighted by Gasteiger charge is -2.39. The lowest BCUT2D eigenvalue weighted by molar-refractivity contribution is -0.132. The highest BCUT2D eigenvalue weighted by Crippen LogP contribution is 2.24. The SMILES string of the molecule is Cc1ccc(N([C@H](C)C(=O)N2CCN(c3cccc(Cl)c3)CC2)S(C)(=O)=O)cc1. The molecule has 1 fully saturated rings. The standard InChI is InChI=1S/C21H26ClN3O3S/c1-16-7-9-19(10-8-16)25(29(3,27)28)17(2)21(26)24-13-11-23(12-14-24)20-6-4-5-18(22)15-20/h4-10,15,17H,11-14H2,1-3H3/t17-/m1/s1. The Morgan fingerprint density at radius 1 is 1.07 bits per heavy atom. The van der Waals surface area contributed by atoms with Crippen molar-refractivity contribution >= 4 is 38.9 Å². The highest BCUT2D eigenvalue weighted by molar-refractivity contribution is 7.92. The Bertz CT molecular complexity index is 971. The number of rotatable bonds is 5. The van der Waals surface area contributed by atoms with Gasteiger partial charge >= 0.3 is 0 Å². The van der Waals surface area contributed by atoms with E-state index in [0.717, 1.165) is 17.5 Å². The number of nitrogens with zero attached hydrogens (tertiary/aromatic N) is 3. The van der Waals surface area contributed by atoms with Gasteiger partial charge in [-0.1, -0.05) is 35.4 Å². The zero-order valence-corrected chi connectivity index (χ0v) is 18.4. The second-order valence-electron chi connectivity index (χ2n) is 7.36. The summed E-state index contributed by atoms with van der Waals surface area (Å²) < 4.78 is 26.1. The van der Waals surface area contributed by atoms with Gasteiger partial charge in [0.05, 0.1) is 11.9 Å². The van der Waals surface area contributed by atoms with Crippen molar-refractivity contribution in [3.63, 3.8) is 0 Å². The molecule has 8 heteroatoms. The summed E-state index contributed by atoms with van der Waals surface area (Å²) in [4.78, 5) is 17.0. The van der Waals surface area contributed by atoms with Crippen molar-refractivity contribution in [1.29, 1.82) is 0 Å². The second kappa shape index (κ2) is 8.63. The van der Waals surface area contributed by atoms with Crippen LogP contribution in [-0.4, -0.2) is 57.7 Å². The third kappa shape index (κ3) is 5.03. The molecule has 3 rings (SSSR count). The molecule has 1 atom stereocenters. The topological polar surface area (TPSA) is 60.9 Å². The Labute approximate surface area is 177 Å². The van der Waals surface area contributed by atoms with Crippen molar-refractivity contribution in [2.24, 2.45) is 0 Å². The fraction of sp³-hybridized carbons (Fsp3) is 0.381. The molecule has 2 aromatic carbocycles. The molecule has 0 saturated carbocycles. The first-order valence-electron chi connectivity index (χ1n) is 9.52. The summed E-state index contributed by atoms with van der Waals surface area (Å²) in [6.45, 7) is 5.97. The zero-order valence-electron chi connectivity index (χ0n) is 16.9. The van der Waals surface area contributed by atoms with Gasteiger partial charge in [-0.15, -0.1) is 0 Å². The van der Waals surface area contributed by atoms with E-state index in [0.29, 0.717) is 36.9 Å². The molecule has 2 aromatic rings. The van der Waals surface area contributed by atoms with Crippen LogP contribution in [0.25, 0.3) is 0 Å². The van der Waals surface area contributed by atoms with E-state index in [2.05, 4.69) is 4.90 Å². The number of halogens is 1. The maximum absolute atomic E-state index is 13.1. The average Bonchev–Trinajstić information content (AvgIpc) is 2.68. The fourth-order valence-electron chi connectivity index (χ4n) is 3.62. The van der Waals surface area contributed by atoms with Crippen molar-refractivity contribution in [1.82, 2.24) is 4.90 Å². The molecule has 0 spiro atoms. The molecular formula is C21H26ClN3O3S. The quantitative estimate of drug-likeness (QED) is 0.723. The van der Waals surface area contributed by atoms with Gasteiger partial charge in [-0.25, -0.2) is 8.42 Å². The van der Waals surface area contributed by atoms with E-state index in [1.165, 1.54) is 4.31 Å². The number of aryl methyl sites for hydroxylation is 1. The van der Waals surface area contributed by atoms with Gasteiger partial charge in [0.15, 0.2) is 0 Å². The highest BCUT2D eigenvalue weighted by atomic mass is 35.5. The first-order chi connectivity index (χ1) is 13.7. The molecule has 0 aromatic heterocycles. The van der Waals surface area contributed by atoms with Crippen molar-refractivity contribution in [3.05, 3.63) is 59.1 Å². The van der Waals surface area contributed by atoms with Gasteiger partial charge in [0.1, 0.15) is 6.04 Å². The molecule has 6 nitrogen and oxygen atoms in total. The van der Waals surface area contributed by atoms with E-state index >= 15 is 0 Å². The Kier molecular flexibility index (Phi) is 6.39. The van der Waals surface area contributed by atoms with Gasteiger partial charge in [-0.3, -0.25) is 9.10 Å². The number of sulfonamides is 1. The first-order valence-corrected chi connectivity index (χ1v) is 11.7. The predicted molar refractivity (Wildman–Crippen MR) is 118 cm³/mol. The number of hydrogen-bond donors (Lipinski definition) is 0. The number of benzene rings is 2. The lowest BCUT2D eigenvalue weighted by Crippen LogP contribution is -2.55. The van der Waals surface area contributed by atoms with Crippen LogP contribution in [0.2, 0.25) is 5.02 Å². The van der Waals surface area contributed by atoms with Crippen LogP contribution in [0.5, 0.6) is 0 Å². The van der Waals surface area contributed by atoms with Crippen LogP contribution in [0.15, 0.2) is 48.5 Å². The number of hydrogen-bond acceptors (Lipinski definition) is 4. The van der Waals surface area contributed by atoms with Crippen LogP contribution >= 0.6 is 11.6 Å². The molecular weight excluding hydrogens is 410 g/mol. The van der Waals surface area contributed by atoms with Gasteiger partial charge in [0, 0.05) is 36.9 Å². The van der Waals surface area contributed by atoms with E-state index < -0.39 is 16.1 Å². The van der Waals surface area contributed by atoms with Crippen LogP contribution in [0, 0.1) is 6.92 Å². The Hall–Kier alpha value is -2.25. The molecule has 1 amide bonds. The largest absolute Gasteiger partial charge is 0.368 e. The number of anilines is 2. The maximum atomic E-state index is 13.1. The van der Waals surface area contributed by atoms with Crippen LogP contribution in [0.4, 0.5) is 11.4 Å². The Morgan fingerprint density at radius 2 is 1.69 bits per heavy atom. The number of carbonyl (C=O) groups is 1. The third-order valence-corrected chi connectivity index (χ3v) is 6.60. The van der Waals surface area contributed by atoms with Gasteiger partial charge in [-0.2, -0.15) is 0 Å². The molecule has 0 aliphatic carbocycles. The molecule has 0 unspecified atom stereocenters. The predicted octanol–water partition coefficient (Wildman–Crippen LogP) is 3.15. The Balaban J connectivity index is 1.72. The molecule has 0 N–H and O–H groups in total. The lowest BCUT2D eigenvalue weighted by atomic mass is 10.2. The summed E-state index contributed by atoms with van der Waals surface area (Å²) >= 11 is 6.08. The van der Waals surface area contributed by atoms with Crippen LogP contribution in [-0.2, 0) is 14.8 Å². The second-order valence-corrected chi connectivity index (χ2v) is 9.66. The zero-order chi connectivity index (χ0) is 21.2. The third-order valence-electron chi connectivity index (χ3n) is 5.12. The Morgan fingerprint density at radius 3 is 2.24 bits per heavy atom. The smallest absolute Gasteiger partial charge is 0.246 e. The van der Waals surface area contributed by atoms with E-state index in [4.69, 9.17) is 11.6 Å². The number of amides is 1. The minimum Gasteiger partial charge on any atom is -0.368 e. The number of piperazine rings is 1. The van der Waals surface area contributed by atoms with Crippen molar-refractivity contribution in [2.45, 2.75) is 19.9 Å². The summed E-state index contributed by atoms with van der Waals surface area (Å²) in [6, 6.07) is 14.0. The monoisotopic (exact) mass is 435 g/mol. The molecule has 1 aliphatic rings. The van der Waals surface area contributed by atoms with Gasteiger partial charge in [-0.05, 0) is 44.2 Å². The molecule has 0 bridgehead atoms. The normalized spacial score (nSPS) is 15.9. The molecule has 1 aliphatic heterocycles. The fourth-order valence-corrected chi connectivity index (χ4v) is 4.97. The summed E-state index contributed by atoms with van der Waals surface area (Å²) in [5.41, 5.74) is 2.55. The van der Waals surface area contributed by atoms with Crippen molar-refractivity contribution in [2.75, 3.05) is 41.6 Å². The average molecular weight is 436 g/mol. The van der Waals surface area contributed by atoms with Gasteiger partial charge < -0.3 is 9.80 Å². The van der Waals surface area contributed by atoms with Crippen LogP contribution in [0.3, 0.4) is 0 Å². The van der Waals surface area contributed by atoms with Gasteiger partial charge in [0.25, 0.3) is 0 Å². The summed E-state index contributed by atoms with van der Waals surface area (Å²) in [7, 11) is -3.61. The van der Waals surface area contributed by atoms with Gasteiger partial charge in [0.2, 0.25) is 15.9 Å². The molecule has 156 valence electrons. The molecule has 1 heterocycles. The van der Waals surface area contributed by atoms with E-state index in [9.17, 15) is 13.2 Å². The first kappa shape index (κ1) is 21.5. The summed E-state index contributed by atoms with van der Waals surface area (Å²) in [6.07, 6.45) is 1.13. The minimum absolute atomic E-state index is 0.193. The maximum Gasteiger partial charge on any atom is 0.246 e. The van der Waals surface area contributed by atoms with Crippen molar-refractivity contribution < 1.29 is 13.2 Å². The van der Waals surface area contributed by atoms with Crippen molar-refractivity contribution in [3.8, 4) is 0 Å². The number of carbonyl (C=O) groups excluding carboxylic acids is 1. The summed E-state index contributed by atoms with van der Waals surface area (Å²) in [5.74, 6) is -0.193. The van der Waals surface area contributed by atoms with E-state index in [1.807, 2.05) is 43.3 Å². The highest BCUT2D eigenvalue weighted by Gasteiger charge is 2.33. The molecule has 1 saturated heterocycles. The van der Waals surface area contributed by atoms with E-state index in [1.54, 1.807) is 24.0 Å². The van der Waals surface area contributed by atoms with Crippen LogP contribution in [0.1, 0.15) is 12.5 Å². The molecule has 29 heavy (non-hydrogen) atoms. The summed E-state index contributed by atoms with van der Waals surface area (Å²) in [5, 5.41) is 0.677. The minimum atomic E-state index is -3.61. The van der Waals surface area contributed by atoms with E-state index in [-0.39, 0.29) is 5.91 Å². The van der Waals surface area contributed by atoms with Crippen LogP contribution < -0.4 is 9.21 Å². The molecule has 0 radical (unpaired) electrons.